The molecule has 0 radical (unpaired) electrons. The SMILES string of the molecule is COC(=O)c1cccc(-n2cccc2[C@@H]2[C@@H](c3ccccn3)NC(=S)N2CCCN2CCOCC2)c1. The highest BCUT2D eigenvalue weighted by Crippen LogP contribution is 2.39. The van der Waals surface area contributed by atoms with Crippen molar-refractivity contribution in [3.8, 4) is 5.69 Å². The van der Waals surface area contributed by atoms with Crippen molar-refractivity contribution in [2.45, 2.75) is 18.5 Å². The molecule has 4 heterocycles. The van der Waals surface area contributed by atoms with Crippen LogP contribution in [-0.4, -0.2) is 76.9 Å². The van der Waals surface area contributed by atoms with E-state index in [9.17, 15) is 4.79 Å². The minimum absolute atomic E-state index is 0.0612. The van der Waals surface area contributed by atoms with Crippen molar-refractivity contribution in [1.29, 1.82) is 0 Å². The Morgan fingerprint density at radius 3 is 2.78 bits per heavy atom. The molecule has 9 heteroatoms. The van der Waals surface area contributed by atoms with Gasteiger partial charge in [-0.3, -0.25) is 9.88 Å². The number of benzene rings is 1. The lowest BCUT2D eigenvalue weighted by molar-refractivity contribution is 0.0365. The molecule has 2 atom stereocenters. The molecule has 0 bridgehead atoms. The van der Waals surface area contributed by atoms with Crippen LogP contribution >= 0.6 is 12.2 Å². The van der Waals surface area contributed by atoms with Gasteiger partial charge in [-0.25, -0.2) is 4.79 Å². The zero-order valence-electron chi connectivity index (χ0n) is 20.4. The van der Waals surface area contributed by atoms with Crippen LogP contribution in [0.15, 0.2) is 67.0 Å². The van der Waals surface area contributed by atoms with Gasteiger partial charge < -0.3 is 24.3 Å². The quantitative estimate of drug-likeness (QED) is 0.369. The first kappa shape index (κ1) is 24.4. The molecule has 8 nitrogen and oxygen atoms in total. The smallest absolute Gasteiger partial charge is 0.337 e. The molecule has 1 N–H and O–H groups in total. The molecule has 2 aliphatic heterocycles. The van der Waals surface area contributed by atoms with Gasteiger partial charge in [0.25, 0.3) is 0 Å². The summed E-state index contributed by atoms with van der Waals surface area (Å²) in [4.78, 5) is 21.6. The van der Waals surface area contributed by atoms with Crippen LogP contribution in [0.2, 0.25) is 0 Å². The van der Waals surface area contributed by atoms with Gasteiger partial charge in [0.05, 0.1) is 43.7 Å². The van der Waals surface area contributed by atoms with Gasteiger partial charge in [-0.15, -0.1) is 0 Å². The third-order valence-electron chi connectivity index (χ3n) is 6.80. The van der Waals surface area contributed by atoms with Gasteiger partial charge in [-0.1, -0.05) is 12.1 Å². The van der Waals surface area contributed by atoms with Crippen molar-refractivity contribution in [2.75, 3.05) is 46.5 Å². The third kappa shape index (κ3) is 5.13. The molecular weight excluding hydrogens is 474 g/mol. The van der Waals surface area contributed by atoms with Crippen molar-refractivity contribution >= 4 is 23.3 Å². The van der Waals surface area contributed by atoms with Crippen molar-refractivity contribution in [1.82, 2.24) is 24.7 Å². The number of aromatic nitrogens is 2. The number of thiocarbonyl (C=S) groups is 1. The van der Waals surface area contributed by atoms with Crippen molar-refractivity contribution < 1.29 is 14.3 Å². The van der Waals surface area contributed by atoms with E-state index in [-0.39, 0.29) is 18.1 Å². The minimum Gasteiger partial charge on any atom is -0.465 e. The molecule has 0 spiro atoms. The Balaban J connectivity index is 1.46. The molecule has 3 aromatic rings. The first-order chi connectivity index (χ1) is 17.7. The molecule has 2 saturated heterocycles. The van der Waals surface area contributed by atoms with Crippen LogP contribution in [0.5, 0.6) is 0 Å². The summed E-state index contributed by atoms with van der Waals surface area (Å²) in [7, 11) is 1.40. The second-order valence-electron chi connectivity index (χ2n) is 8.97. The van der Waals surface area contributed by atoms with E-state index in [4.69, 9.17) is 21.7 Å². The summed E-state index contributed by atoms with van der Waals surface area (Å²) in [6.45, 7) is 5.37. The number of esters is 1. The number of carbonyl (C=O) groups excluding carboxylic acids is 1. The Hall–Kier alpha value is -3.27. The van der Waals surface area contributed by atoms with Gasteiger partial charge in [0.2, 0.25) is 0 Å². The molecule has 0 unspecified atom stereocenters. The van der Waals surface area contributed by atoms with Gasteiger partial charge in [-0.2, -0.15) is 0 Å². The summed E-state index contributed by atoms with van der Waals surface area (Å²) >= 11 is 5.85. The predicted molar refractivity (Wildman–Crippen MR) is 141 cm³/mol. The Morgan fingerprint density at radius 1 is 1.14 bits per heavy atom. The van der Waals surface area contributed by atoms with Gasteiger partial charge in [0.15, 0.2) is 5.11 Å². The van der Waals surface area contributed by atoms with E-state index in [0.717, 1.165) is 68.0 Å². The highest BCUT2D eigenvalue weighted by Gasteiger charge is 2.41. The average molecular weight is 506 g/mol. The van der Waals surface area contributed by atoms with Crippen LogP contribution in [0.4, 0.5) is 0 Å². The number of pyridine rings is 1. The molecule has 36 heavy (non-hydrogen) atoms. The fraction of sp³-hybridized carbons (Fsp3) is 0.370. The van der Waals surface area contributed by atoms with E-state index in [1.807, 2.05) is 54.9 Å². The van der Waals surface area contributed by atoms with Crippen molar-refractivity contribution in [3.63, 3.8) is 0 Å². The molecule has 5 rings (SSSR count). The van der Waals surface area contributed by atoms with Gasteiger partial charge in [0.1, 0.15) is 0 Å². The number of ether oxygens (including phenoxy) is 2. The van der Waals surface area contributed by atoms with Gasteiger partial charge in [0, 0.05) is 50.0 Å². The number of rotatable bonds is 8. The van der Waals surface area contributed by atoms with Gasteiger partial charge >= 0.3 is 5.97 Å². The van der Waals surface area contributed by atoms with Crippen LogP contribution in [0.3, 0.4) is 0 Å². The van der Waals surface area contributed by atoms with E-state index in [2.05, 4.69) is 30.7 Å². The number of hydrogen-bond donors (Lipinski definition) is 1. The summed E-state index contributed by atoms with van der Waals surface area (Å²) in [5.74, 6) is -0.356. The maximum atomic E-state index is 12.2. The lowest BCUT2D eigenvalue weighted by Crippen LogP contribution is -2.39. The first-order valence-corrected chi connectivity index (χ1v) is 12.7. The maximum absolute atomic E-state index is 12.2. The van der Waals surface area contributed by atoms with E-state index in [1.165, 1.54) is 7.11 Å². The van der Waals surface area contributed by atoms with Crippen LogP contribution < -0.4 is 5.32 Å². The molecule has 0 saturated carbocycles. The molecule has 2 fully saturated rings. The molecule has 2 aliphatic rings. The highest BCUT2D eigenvalue weighted by molar-refractivity contribution is 7.80. The molecule has 188 valence electrons. The molecule has 1 aromatic carbocycles. The lowest BCUT2D eigenvalue weighted by atomic mass is 10.0. The predicted octanol–water partition coefficient (Wildman–Crippen LogP) is 3.35. The average Bonchev–Trinajstić information content (AvgIpc) is 3.54. The fourth-order valence-electron chi connectivity index (χ4n) is 5.03. The topological polar surface area (TPSA) is 71.9 Å². The Bertz CT molecular complexity index is 1190. The van der Waals surface area contributed by atoms with Crippen LogP contribution in [-0.2, 0) is 9.47 Å². The molecule has 0 aliphatic carbocycles. The standard InChI is InChI=1S/C27H31N5O3S/c1-34-26(33)20-7-4-8-21(19-20)31-13-5-10-23(31)25-24(22-9-2-3-11-28-22)29-27(36)32(25)14-6-12-30-15-17-35-18-16-30/h2-5,7-11,13,19,24-25H,6,12,14-18H2,1H3,(H,29,36)/t24-,25-/m1/s1. The second kappa shape index (κ2) is 11.2. The van der Waals surface area contributed by atoms with Crippen LogP contribution in [0.25, 0.3) is 5.69 Å². The normalized spacial score (nSPS) is 20.4. The van der Waals surface area contributed by atoms with E-state index in [1.54, 1.807) is 6.07 Å². The monoisotopic (exact) mass is 505 g/mol. The molecule has 2 aromatic heterocycles. The largest absolute Gasteiger partial charge is 0.465 e. The molecule has 0 amide bonds. The Labute approximate surface area is 216 Å². The summed E-state index contributed by atoms with van der Waals surface area (Å²) < 4.78 is 12.5. The summed E-state index contributed by atoms with van der Waals surface area (Å²) in [5.41, 5.74) is 3.42. The Kier molecular flexibility index (Phi) is 7.60. The number of hydrogen-bond acceptors (Lipinski definition) is 6. The van der Waals surface area contributed by atoms with Crippen molar-refractivity contribution in [3.05, 3.63) is 83.9 Å². The summed E-state index contributed by atoms with van der Waals surface area (Å²) in [5, 5.41) is 4.27. The van der Waals surface area contributed by atoms with E-state index >= 15 is 0 Å². The number of methoxy groups -OCH3 is 1. The fourth-order valence-corrected chi connectivity index (χ4v) is 5.36. The summed E-state index contributed by atoms with van der Waals surface area (Å²) in [6, 6.07) is 17.4. The second-order valence-corrected chi connectivity index (χ2v) is 9.36. The minimum atomic E-state index is -0.356. The lowest BCUT2D eigenvalue weighted by Gasteiger charge is -2.31. The first-order valence-electron chi connectivity index (χ1n) is 12.3. The maximum Gasteiger partial charge on any atom is 0.337 e. The van der Waals surface area contributed by atoms with Crippen molar-refractivity contribution in [2.24, 2.45) is 0 Å². The third-order valence-corrected chi connectivity index (χ3v) is 7.16. The zero-order valence-corrected chi connectivity index (χ0v) is 21.2. The zero-order chi connectivity index (χ0) is 24.9. The summed E-state index contributed by atoms with van der Waals surface area (Å²) in [6.07, 6.45) is 4.83. The number of nitrogens with one attached hydrogen (secondary N) is 1. The van der Waals surface area contributed by atoms with Crippen LogP contribution in [0, 0.1) is 0 Å². The molecular formula is C27H31N5O3S. The van der Waals surface area contributed by atoms with E-state index in [0.29, 0.717) is 5.56 Å². The number of nitrogens with zero attached hydrogens (tertiary/aromatic N) is 4. The highest BCUT2D eigenvalue weighted by atomic mass is 32.1. The van der Waals surface area contributed by atoms with Crippen LogP contribution in [0.1, 0.15) is 40.3 Å². The van der Waals surface area contributed by atoms with Gasteiger partial charge in [-0.05, 0) is 61.1 Å². The van der Waals surface area contributed by atoms with E-state index < -0.39 is 0 Å². The number of carbonyl (C=O) groups is 1. The Morgan fingerprint density at radius 2 is 2.00 bits per heavy atom. The number of morpholine rings is 1.